The molecule has 0 radical (unpaired) electrons. The largest absolute Gasteiger partial charge is 0.457 e. The molecule has 266 valence electrons. The summed E-state index contributed by atoms with van der Waals surface area (Å²) in [6, 6.07) is 0. The van der Waals surface area contributed by atoms with Gasteiger partial charge in [0.1, 0.15) is 11.7 Å². The molecular formula is C35H56N2O10. The summed E-state index contributed by atoms with van der Waals surface area (Å²) in [6.45, 7) is 14.4. The summed E-state index contributed by atoms with van der Waals surface area (Å²) in [7, 11) is 0. The average molecular weight is 665 g/mol. The zero-order chi connectivity index (χ0) is 34.9. The van der Waals surface area contributed by atoms with Crippen LogP contribution < -0.4 is 5.32 Å². The first-order valence-electron chi connectivity index (χ1n) is 16.9. The van der Waals surface area contributed by atoms with Crippen molar-refractivity contribution in [3.05, 3.63) is 36.0 Å². The molecule has 0 bridgehead atoms. The van der Waals surface area contributed by atoms with E-state index in [1.807, 2.05) is 27.7 Å². The molecule has 3 rings (SSSR count). The number of epoxide rings is 1. The maximum Gasteiger partial charge on any atom is 0.410 e. The predicted molar refractivity (Wildman–Crippen MR) is 175 cm³/mol. The van der Waals surface area contributed by atoms with E-state index in [9.17, 15) is 29.7 Å². The number of aliphatic hydroxyl groups excluding tert-OH is 2. The molecule has 0 aromatic heterocycles. The van der Waals surface area contributed by atoms with Crippen molar-refractivity contribution in [1.82, 2.24) is 10.2 Å². The third-order valence-electron chi connectivity index (χ3n) is 9.33. The van der Waals surface area contributed by atoms with Crippen molar-refractivity contribution >= 4 is 18.0 Å². The Balaban J connectivity index is 1.82. The van der Waals surface area contributed by atoms with Gasteiger partial charge in [0.05, 0.1) is 36.4 Å². The van der Waals surface area contributed by atoms with E-state index in [1.54, 1.807) is 49.1 Å². The molecule has 12 nitrogen and oxygen atoms in total. The zero-order valence-corrected chi connectivity index (χ0v) is 29.0. The highest BCUT2D eigenvalue weighted by Gasteiger charge is 2.47. The summed E-state index contributed by atoms with van der Waals surface area (Å²) < 4.78 is 23.3. The highest BCUT2D eigenvalue weighted by molar-refractivity contribution is 5.71. The van der Waals surface area contributed by atoms with Gasteiger partial charge in [-0.15, -0.1) is 0 Å². The van der Waals surface area contributed by atoms with Crippen LogP contribution in [0.5, 0.6) is 0 Å². The predicted octanol–water partition coefficient (Wildman–Crippen LogP) is 3.19. The summed E-state index contributed by atoms with van der Waals surface area (Å²) >= 11 is 0. The normalized spacial score (nSPS) is 33.5. The number of rotatable bonds is 10. The summed E-state index contributed by atoms with van der Waals surface area (Å²) in [5.74, 6) is -1.57. The van der Waals surface area contributed by atoms with Gasteiger partial charge in [-0.3, -0.25) is 9.59 Å². The highest BCUT2D eigenvalue weighted by Crippen LogP contribution is 2.37. The van der Waals surface area contributed by atoms with E-state index in [4.69, 9.17) is 18.9 Å². The number of nitrogens with one attached hydrogen (secondary N) is 1. The fourth-order valence-electron chi connectivity index (χ4n) is 6.26. The molecule has 3 aliphatic heterocycles. The topological polar surface area (TPSA) is 167 Å². The number of hydrogen-bond donors (Lipinski definition) is 4. The number of nitrogens with zero attached hydrogens (tertiary/aromatic N) is 1. The molecule has 2 saturated heterocycles. The van der Waals surface area contributed by atoms with Crippen LogP contribution in [0.1, 0.15) is 80.6 Å². The van der Waals surface area contributed by atoms with E-state index in [0.29, 0.717) is 44.6 Å². The molecule has 47 heavy (non-hydrogen) atoms. The average Bonchev–Trinajstić information content (AvgIpc) is 3.77. The molecular weight excluding hydrogens is 608 g/mol. The number of allylic oxidation sites excluding steroid dienone is 2. The molecule has 0 aromatic carbocycles. The van der Waals surface area contributed by atoms with E-state index >= 15 is 0 Å². The van der Waals surface area contributed by atoms with E-state index in [1.165, 1.54) is 6.92 Å². The monoisotopic (exact) mass is 664 g/mol. The maximum atomic E-state index is 13.2. The molecule has 12 heteroatoms. The van der Waals surface area contributed by atoms with E-state index < -0.39 is 59.6 Å². The number of carbonyl (C=O) groups is 3. The number of ether oxygens (including phenoxy) is 4. The summed E-state index contributed by atoms with van der Waals surface area (Å²) in [5.41, 5.74) is -1.79. The number of hydrogen-bond acceptors (Lipinski definition) is 11. The quantitative estimate of drug-likeness (QED) is 0.0891. The number of esters is 2. The highest BCUT2D eigenvalue weighted by atomic mass is 16.6. The Morgan fingerprint density at radius 1 is 1.26 bits per heavy atom. The van der Waals surface area contributed by atoms with E-state index in [-0.39, 0.29) is 37.4 Å². The lowest BCUT2D eigenvalue weighted by Gasteiger charge is -2.37. The van der Waals surface area contributed by atoms with Crippen molar-refractivity contribution in [2.75, 3.05) is 26.2 Å². The Morgan fingerprint density at radius 3 is 2.57 bits per heavy atom. The Labute approximate surface area is 279 Å². The molecule has 0 aromatic rings. The number of carbonyl (C=O) groups excluding carboxylic acids is 3. The Bertz CT molecular complexity index is 1160. The van der Waals surface area contributed by atoms with Gasteiger partial charge in [-0.25, -0.2) is 4.79 Å². The summed E-state index contributed by atoms with van der Waals surface area (Å²) in [5, 5.41) is 35.1. The second-order valence-corrected chi connectivity index (χ2v) is 13.8. The fraction of sp³-hybridized carbons (Fsp3) is 0.743. The molecule has 1 amide bonds. The molecule has 0 aliphatic carbocycles. The SMILES string of the molecule is CC[C@H](O)[C@@H](C)[C@H]1O[C@@H]1CC(C)(O)/C=C/C=C(\C)C1OC(=O)CC(O)CCC(C)(OC(C)=O)C(OC(=O)N2CCNCC2)C=CC1C. The Morgan fingerprint density at radius 2 is 1.94 bits per heavy atom. The minimum absolute atomic E-state index is 0.0205. The van der Waals surface area contributed by atoms with Crippen LogP contribution >= 0.6 is 0 Å². The van der Waals surface area contributed by atoms with Crippen LogP contribution in [0.15, 0.2) is 36.0 Å². The summed E-state index contributed by atoms with van der Waals surface area (Å²) in [6.07, 6.45) is 5.54. The third kappa shape index (κ3) is 11.7. The molecule has 0 spiro atoms. The molecule has 4 N–H and O–H groups in total. The fourth-order valence-corrected chi connectivity index (χ4v) is 6.26. The smallest absolute Gasteiger partial charge is 0.410 e. The van der Waals surface area contributed by atoms with Crippen molar-refractivity contribution in [2.45, 2.75) is 128 Å². The van der Waals surface area contributed by atoms with Gasteiger partial charge in [0.2, 0.25) is 0 Å². The Kier molecular flexibility index (Phi) is 14.0. The lowest BCUT2D eigenvalue weighted by atomic mass is 9.88. The van der Waals surface area contributed by atoms with Crippen LogP contribution in [0.4, 0.5) is 4.79 Å². The van der Waals surface area contributed by atoms with Crippen LogP contribution in [0.2, 0.25) is 0 Å². The minimum atomic E-state index is -1.30. The molecule has 2 fully saturated rings. The van der Waals surface area contributed by atoms with Crippen LogP contribution in [0, 0.1) is 11.8 Å². The molecule has 3 heterocycles. The zero-order valence-electron chi connectivity index (χ0n) is 29.0. The number of cyclic esters (lactones) is 1. The van der Waals surface area contributed by atoms with Gasteiger partial charge in [0.25, 0.3) is 0 Å². The van der Waals surface area contributed by atoms with Gasteiger partial charge in [-0.1, -0.05) is 45.1 Å². The van der Waals surface area contributed by atoms with Crippen LogP contribution in [0.3, 0.4) is 0 Å². The second kappa shape index (κ2) is 17.1. The lowest BCUT2D eigenvalue weighted by molar-refractivity contribution is -0.168. The standard InChI is InChI=1S/C35H56N2O10/c1-8-27(40)24(4)32-28(44-32)21-34(6,43)14-9-10-22(2)31-23(3)11-12-29(45-33(42)37-18-16-36-17-19-37)35(7,47-25(5)38)15-13-26(39)20-30(41)46-31/h9-12,14,23-24,26-29,31-32,36,39-40,43H,8,13,15-21H2,1-7H3/b12-11?,14-9+,22-10+/t23?,24-,26?,27+,28-,29?,31?,32-,34?,35?/m1/s1. The van der Waals surface area contributed by atoms with Gasteiger partial charge in [-0.2, -0.15) is 0 Å². The van der Waals surface area contributed by atoms with Crippen molar-refractivity contribution in [3.8, 4) is 0 Å². The van der Waals surface area contributed by atoms with Crippen molar-refractivity contribution in [3.63, 3.8) is 0 Å². The van der Waals surface area contributed by atoms with Gasteiger partial charge < -0.3 is 44.5 Å². The maximum absolute atomic E-state index is 13.2. The van der Waals surface area contributed by atoms with Gasteiger partial charge in [0.15, 0.2) is 6.10 Å². The second-order valence-electron chi connectivity index (χ2n) is 13.8. The Hall–Kier alpha value is -2.77. The summed E-state index contributed by atoms with van der Waals surface area (Å²) in [4.78, 5) is 39.9. The van der Waals surface area contributed by atoms with E-state index in [2.05, 4.69) is 5.32 Å². The minimum Gasteiger partial charge on any atom is -0.457 e. The van der Waals surface area contributed by atoms with Gasteiger partial charge in [0, 0.05) is 51.4 Å². The first-order chi connectivity index (χ1) is 22.0. The third-order valence-corrected chi connectivity index (χ3v) is 9.33. The number of aliphatic hydroxyl groups is 3. The first kappa shape index (κ1) is 38.7. The van der Waals surface area contributed by atoms with Crippen molar-refractivity contribution in [1.29, 1.82) is 0 Å². The number of piperazine rings is 1. The lowest BCUT2D eigenvalue weighted by Crippen LogP contribution is -2.51. The molecule has 0 saturated carbocycles. The molecule has 3 aliphatic rings. The van der Waals surface area contributed by atoms with E-state index in [0.717, 1.165) is 0 Å². The van der Waals surface area contributed by atoms with Crippen LogP contribution in [-0.2, 0) is 28.5 Å². The van der Waals surface area contributed by atoms with Crippen molar-refractivity contribution < 1.29 is 48.7 Å². The molecule has 10 atom stereocenters. The first-order valence-corrected chi connectivity index (χ1v) is 16.9. The molecule has 6 unspecified atom stereocenters. The van der Waals surface area contributed by atoms with Gasteiger partial charge >= 0.3 is 18.0 Å². The van der Waals surface area contributed by atoms with Crippen LogP contribution in [0.25, 0.3) is 0 Å². The van der Waals surface area contributed by atoms with Crippen molar-refractivity contribution in [2.24, 2.45) is 11.8 Å². The number of amides is 1. The van der Waals surface area contributed by atoms with Gasteiger partial charge in [-0.05, 0) is 51.7 Å². The van der Waals surface area contributed by atoms with Crippen LogP contribution in [-0.4, -0.2) is 112 Å².